The van der Waals surface area contributed by atoms with E-state index in [0.717, 1.165) is 58.2 Å². The van der Waals surface area contributed by atoms with Crippen molar-refractivity contribution in [2.75, 3.05) is 26.2 Å². The zero-order valence-corrected chi connectivity index (χ0v) is 13.2. The number of carbonyl (C=O) groups excluding carboxylic acids is 1. The molecule has 0 unspecified atom stereocenters. The summed E-state index contributed by atoms with van der Waals surface area (Å²) < 4.78 is 0. The van der Waals surface area contributed by atoms with Crippen LogP contribution in [0.1, 0.15) is 45.4 Å². The third-order valence-corrected chi connectivity index (χ3v) is 4.66. The van der Waals surface area contributed by atoms with Crippen LogP contribution in [0.25, 0.3) is 0 Å². The largest absolute Gasteiger partial charge is 0.394 e. The molecule has 1 saturated heterocycles. The third kappa shape index (κ3) is 4.71. The highest BCUT2D eigenvalue weighted by Gasteiger charge is 2.35. The van der Waals surface area contributed by atoms with E-state index in [9.17, 15) is 9.90 Å². The van der Waals surface area contributed by atoms with Gasteiger partial charge in [0.25, 0.3) is 0 Å². The third-order valence-electron chi connectivity index (χ3n) is 4.66. The van der Waals surface area contributed by atoms with Crippen LogP contribution in [0.15, 0.2) is 12.2 Å². The molecule has 1 heterocycles. The molecule has 0 bridgehead atoms. The van der Waals surface area contributed by atoms with Gasteiger partial charge in [0.2, 0.25) is 0 Å². The van der Waals surface area contributed by atoms with E-state index < -0.39 is 0 Å². The smallest absolute Gasteiger partial charge is 0.315 e. The molecule has 0 radical (unpaired) electrons. The second kappa shape index (κ2) is 7.27. The summed E-state index contributed by atoms with van der Waals surface area (Å²) in [5.74, 6) is 0. The molecule has 0 aromatic rings. The van der Waals surface area contributed by atoms with Crippen molar-refractivity contribution in [3.63, 3.8) is 0 Å². The highest BCUT2D eigenvalue weighted by Crippen LogP contribution is 2.29. The maximum absolute atomic E-state index is 12.1. The van der Waals surface area contributed by atoms with E-state index in [0.29, 0.717) is 0 Å². The minimum absolute atomic E-state index is 0.0392. The lowest BCUT2D eigenvalue weighted by Crippen LogP contribution is -2.56. The summed E-state index contributed by atoms with van der Waals surface area (Å²) >= 11 is 0. The minimum atomic E-state index is -0.384. The Morgan fingerprint density at radius 3 is 2.48 bits per heavy atom. The van der Waals surface area contributed by atoms with Gasteiger partial charge in [0.05, 0.1) is 12.1 Å². The maximum Gasteiger partial charge on any atom is 0.315 e. The SMILES string of the molecule is C=C(C)CN1CCC(NC(=O)NC2(CO)CCCC2)CC1. The summed E-state index contributed by atoms with van der Waals surface area (Å²) in [6.07, 6.45) is 5.89. The number of urea groups is 1. The van der Waals surface area contributed by atoms with Crippen LogP contribution in [0.2, 0.25) is 0 Å². The fourth-order valence-electron chi connectivity index (χ4n) is 3.45. The van der Waals surface area contributed by atoms with Gasteiger partial charge in [-0.25, -0.2) is 4.79 Å². The normalized spacial score (nSPS) is 23.0. The van der Waals surface area contributed by atoms with Gasteiger partial charge >= 0.3 is 6.03 Å². The van der Waals surface area contributed by atoms with Crippen molar-refractivity contribution < 1.29 is 9.90 Å². The second-order valence-corrected chi connectivity index (χ2v) is 6.75. The number of hydrogen-bond donors (Lipinski definition) is 3. The molecule has 2 rings (SSSR count). The number of nitrogens with zero attached hydrogens (tertiary/aromatic N) is 1. The highest BCUT2D eigenvalue weighted by atomic mass is 16.3. The zero-order valence-electron chi connectivity index (χ0n) is 13.2. The van der Waals surface area contributed by atoms with Gasteiger partial charge in [0, 0.05) is 25.7 Å². The Morgan fingerprint density at radius 1 is 1.33 bits per heavy atom. The second-order valence-electron chi connectivity index (χ2n) is 6.75. The summed E-state index contributed by atoms with van der Waals surface area (Å²) in [7, 11) is 0. The van der Waals surface area contributed by atoms with Gasteiger partial charge < -0.3 is 15.7 Å². The van der Waals surface area contributed by atoms with Gasteiger partial charge in [-0.3, -0.25) is 4.90 Å². The van der Waals surface area contributed by atoms with Crippen LogP contribution >= 0.6 is 0 Å². The first-order chi connectivity index (χ1) is 10.0. The molecule has 1 saturated carbocycles. The van der Waals surface area contributed by atoms with Crippen LogP contribution in [-0.4, -0.2) is 53.9 Å². The summed E-state index contributed by atoms with van der Waals surface area (Å²) in [4.78, 5) is 14.5. The average Bonchev–Trinajstić information content (AvgIpc) is 2.89. The Labute approximate surface area is 127 Å². The molecule has 2 aliphatic rings. The number of nitrogens with one attached hydrogen (secondary N) is 2. The number of rotatable bonds is 5. The maximum atomic E-state index is 12.1. The van der Waals surface area contributed by atoms with Crippen LogP contribution in [0.4, 0.5) is 4.79 Å². The van der Waals surface area contributed by atoms with E-state index in [2.05, 4.69) is 22.1 Å². The van der Waals surface area contributed by atoms with E-state index in [1.54, 1.807) is 0 Å². The minimum Gasteiger partial charge on any atom is -0.394 e. The molecular formula is C16H29N3O2. The van der Waals surface area contributed by atoms with Crippen LogP contribution in [-0.2, 0) is 0 Å². The van der Waals surface area contributed by atoms with Gasteiger partial charge in [-0.05, 0) is 32.6 Å². The van der Waals surface area contributed by atoms with Crippen LogP contribution < -0.4 is 10.6 Å². The lowest BCUT2D eigenvalue weighted by Gasteiger charge is -2.34. The lowest BCUT2D eigenvalue weighted by molar-refractivity contribution is 0.157. The van der Waals surface area contributed by atoms with E-state index >= 15 is 0 Å². The van der Waals surface area contributed by atoms with E-state index in [1.165, 1.54) is 5.57 Å². The van der Waals surface area contributed by atoms with Crippen molar-refractivity contribution in [2.24, 2.45) is 0 Å². The highest BCUT2D eigenvalue weighted by molar-refractivity contribution is 5.75. The van der Waals surface area contributed by atoms with Gasteiger partial charge in [-0.15, -0.1) is 0 Å². The molecule has 3 N–H and O–H groups in total. The molecule has 2 fully saturated rings. The van der Waals surface area contributed by atoms with Gasteiger partial charge in [-0.2, -0.15) is 0 Å². The summed E-state index contributed by atoms with van der Waals surface area (Å²) in [6, 6.07) is 0.118. The number of aliphatic hydroxyl groups is 1. The Kier molecular flexibility index (Phi) is 5.65. The fraction of sp³-hybridized carbons (Fsp3) is 0.812. The topological polar surface area (TPSA) is 64.6 Å². The van der Waals surface area contributed by atoms with Crippen molar-refractivity contribution in [1.82, 2.24) is 15.5 Å². The molecule has 0 atom stereocenters. The molecule has 2 amide bonds. The number of piperidine rings is 1. The van der Waals surface area contributed by atoms with Gasteiger partial charge in [-0.1, -0.05) is 25.0 Å². The predicted octanol–water partition coefficient (Wildman–Crippen LogP) is 1.63. The molecule has 5 nitrogen and oxygen atoms in total. The molecular weight excluding hydrogens is 266 g/mol. The molecule has 21 heavy (non-hydrogen) atoms. The molecule has 0 aromatic carbocycles. The standard InChI is InChI=1S/C16H29N3O2/c1-13(2)11-19-9-5-14(6-10-19)17-15(21)18-16(12-20)7-3-4-8-16/h14,20H,1,3-12H2,2H3,(H2,17,18,21). The number of carbonyl (C=O) groups is 1. The number of hydrogen-bond acceptors (Lipinski definition) is 3. The average molecular weight is 295 g/mol. The van der Waals surface area contributed by atoms with Crippen LogP contribution in [0, 0.1) is 0 Å². The van der Waals surface area contributed by atoms with Crippen molar-refractivity contribution in [3.8, 4) is 0 Å². The number of amides is 2. The zero-order chi connectivity index (χ0) is 15.3. The molecule has 0 spiro atoms. The molecule has 0 aromatic heterocycles. The molecule has 120 valence electrons. The van der Waals surface area contributed by atoms with Crippen LogP contribution in [0.5, 0.6) is 0 Å². The van der Waals surface area contributed by atoms with Crippen molar-refractivity contribution in [1.29, 1.82) is 0 Å². The van der Waals surface area contributed by atoms with Crippen molar-refractivity contribution in [3.05, 3.63) is 12.2 Å². The van der Waals surface area contributed by atoms with E-state index in [1.807, 2.05) is 6.92 Å². The monoisotopic (exact) mass is 295 g/mol. The fourth-order valence-corrected chi connectivity index (χ4v) is 3.45. The lowest BCUT2D eigenvalue weighted by atomic mass is 9.99. The molecule has 1 aliphatic carbocycles. The summed E-state index contributed by atoms with van der Waals surface area (Å²) in [5, 5.41) is 15.6. The van der Waals surface area contributed by atoms with Gasteiger partial charge in [0.1, 0.15) is 0 Å². The summed E-state index contributed by atoms with van der Waals surface area (Å²) in [5.41, 5.74) is 0.801. The first-order valence-corrected chi connectivity index (χ1v) is 8.09. The first kappa shape index (κ1) is 16.3. The Bertz CT molecular complexity index is 370. The van der Waals surface area contributed by atoms with Crippen molar-refractivity contribution >= 4 is 6.03 Å². The van der Waals surface area contributed by atoms with Gasteiger partial charge in [0.15, 0.2) is 0 Å². The van der Waals surface area contributed by atoms with E-state index in [4.69, 9.17) is 0 Å². The summed E-state index contributed by atoms with van der Waals surface area (Å²) in [6.45, 7) is 8.99. The Morgan fingerprint density at radius 2 is 1.95 bits per heavy atom. The first-order valence-electron chi connectivity index (χ1n) is 8.09. The number of likely N-dealkylation sites (tertiary alicyclic amines) is 1. The van der Waals surface area contributed by atoms with Crippen molar-refractivity contribution in [2.45, 2.75) is 57.0 Å². The predicted molar refractivity (Wildman–Crippen MR) is 84.2 cm³/mol. The Hall–Kier alpha value is -1.07. The molecule has 1 aliphatic heterocycles. The Balaban J connectivity index is 1.73. The van der Waals surface area contributed by atoms with E-state index in [-0.39, 0.29) is 24.2 Å². The molecule has 5 heteroatoms. The number of aliphatic hydroxyl groups excluding tert-OH is 1. The van der Waals surface area contributed by atoms with Crippen LogP contribution in [0.3, 0.4) is 0 Å². The quantitative estimate of drug-likeness (QED) is 0.676.